The van der Waals surface area contributed by atoms with E-state index in [0.29, 0.717) is 24.8 Å². The van der Waals surface area contributed by atoms with Crippen molar-refractivity contribution < 1.29 is 4.79 Å². The molecule has 0 saturated carbocycles. The molecule has 2 aromatic carbocycles. The molecule has 0 aliphatic heterocycles. The van der Waals surface area contributed by atoms with Gasteiger partial charge in [-0.3, -0.25) is 4.79 Å². The van der Waals surface area contributed by atoms with Crippen LogP contribution in [0.4, 0.5) is 0 Å². The monoisotopic (exact) mass is 275 g/mol. The SMILES string of the molecule is CC(CCl)CNC(=O)Cc1cccc2ccccc12. The molecule has 100 valence electrons. The van der Waals surface area contributed by atoms with Crippen LogP contribution in [0.5, 0.6) is 0 Å². The van der Waals surface area contributed by atoms with Crippen LogP contribution in [0.25, 0.3) is 10.8 Å². The largest absolute Gasteiger partial charge is 0.356 e. The number of alkyl halides is 1. The number of halogens is 1. The van der Waals surface area contributed by atoms with Gasteiger partial charge in [-0.05, 0) is 22.3 Å². The summed E-state index contributed by atoms with van der Waals surface area (Å²) in [7, 11) is 0. The molecule has 0 aromatic heterocycles. The number of carbonyl (C=O) groups excluding carboxylic acids is 1. The first-order valence-corrected chi connectivity index (χ1v) is 7.03. The molecular weight excluding hydrogens is 258 g/mol. The Balaban J connectivity index is 2.07. The Morgan fingerprint density at radius 2 is 1.95 bits per heavy atom. The van der Waals surface area contributed by atoms with E-state index >= 15 is 0 Å². The van der Waals surface area contributed by atoms with E-state index in [9.17, 15) is 4.79 Å². The lowest BCUT2D eigenvalue weighted by molar-refractivity contribution is -0.120. The standard InChI is InChI=1S/C16H18ClNO/c1-12(10-17)11-18-16(19)9-14-7-4-6-13-5-2-3-8-15(13)14/h2-8,12H,9-11H2,1H3,(H,18,19). The van der Waals surface area contributed by atoms with Crippen LogP contribution in [0.15, 0.2) is 42.5 Å². The minimum atomic E-state index is 0.0494. The number of benzene rings is 2. The van der Waals surface area contributed by atoms with Gasteiger partial charge in [-0.1, -0.05) is 49.4 Å². The normalized spacial score (nSPS) is 12.3. The summed E-state index contributed by atoms with van der Waals surface area (Å²) in [6.07, 6.45) is 0.413. The van der Waals surface area contributed by atoms with Crippen molar-refractivity contribution in [3.05, 3.63) is 48.0 Å². The predicted molar refractivity (Wildman–Crippen MR) is 80.5 cm³/mol. The molecule has 0 spiro atoms. The van der Waals surface area contributed by atoms with Crippen molar-refractivity contribution in [2.45, 2.75) is 13.3 Å². The third-order valence-corrected chi connectivity index (χ3v) is 3.67. The van der Waals surface area contributed by atoms with E-state index in [4.69, 9.17) is 11.6 Å². The summed E-state index contributed by atoms with van der Waals surface area (Å²) < 4.78 is 0. The highest BCUT2D eigenvalue weighted by molar-refractivity contribution is 6.18. The fraction of sp³-hybridized carbons (Fsp3) is 0.312. The molecule has 1 atom stereocenters. The van der Waals surface area contributed by atoms with E-state index < -0.39 is 0 Å². The number of hydrogen-bond donors (Lipinski definition) is 1. The van der Waals surface area contributed by atoms with Gasteiger partial charge in [0.2, 0.25) is 5.91 Å². The van der Waals surface area contributed by atoms with Gasteiger partial charge >= 0.3 is 0 Å². The zero-order chi connectivity index (χ0) is 13.7. The highest BCUT2D eigenvalue weighted by atomic mass is 35.5. The molecular formula is C16H18ClNO. The maximum Gasteiger partial charge on any atom is 0.224 e. The van der Waals surface area contributed by atoms with Crippen molar-refractivity contribution in [3.63, 3.8) is 0 Å². The summed E-state index contributed by atoms with van der Waals surface area (Å²) in [6, 6.07) is 14.2. The molecule has 2 aromatic rings. The highest BCUT2D eigenvalue weighted by Crippen LogP contribution is 2.18. The first kappa shape index (κ1) is 13.9. The number of fused-ring (bicyclic) bond motifs is 1. The average molecular weight is 276 g/mol. The Labute approximate surface area is 118 Å². The molecule has 1 amide bonds. The van der Waals surface area contributed by atoms with E-state index in [1.807, 2.05) is 31.2 Å². The molecule has 0 saturated heterocycles. The lowest BCUT2D eigenvalue weighted by atomic mass is 10.0. The maximum atomic E-state index is 11.9. The molecule has 0 heterocycles. The molecule has 0 bridgehead atoms. The van der Waals surface area contributed by atoms with Gasteiger partial charge in [-0.2, -0.15) is 0 Å². The smallest absolute Gasteiger partial charge is 0.224 e. The Kier molecular flexibility index (Phi) is 4.80. The van der Waals surface area contributed by atoms with Crippen LogP contribution >= 0.6 is 11.6 Å². The fourth-order valence-corrected chi connectivity index (χ4v) is 2.13. The Hall–Kier alpha value is -1.54. The topological polar surface area (TPSA) is 29.1 Å². The number of carbonyl (C=O) groups is 1. The summed E-state index contributed by atoms with van der Waals surface area (Å²) >= 11 is 5.72. The number of amides is 1. The molecule has 3 heteroatoms. The van der Waals surface area contributed by atoms with Crippen LogP contribution in [0.1, 0.15) is 12.5 Å². The van der Waals surface area contributed by atoms with Gasteiger partial charge in [-0.25, -0.2) is 0 Å². The summed E-state index contributed by atoms with van der Waals surface area (Å²) in [5, 5.41) is 5.24. The van der Waals surface area contributed by atoms with Crippen LogP contribution in [0.2, 0.25) is 0 Å². The average Bonchev–Trinajstić information content (AvgIpc) is 2.45. The molecule has 0 aliphatic rings. The van der Waals surface area contributed by atoms with Gasteiger partial charge in [0, 0.05) is 12.4 Å². The molecule has 0 fully saturated rings. The van der Waals surface area contributed by atoms with Crippen LogP contribution in [-0.2, 0) is 11.2 Å². The minimum Gasteiger partial charge on any atom is -0.356 e. The van der Waals surface area contributed by atoms with E-state index in [-0.39, 0.29) is 5.91 Å². The number of nitrogens with one attached hydrogen (secondary N) is 1. The van der Waals surface area contributed by atoms with E-state index in [0.717, 1.165) is 10.9 Å². The number of hydrogen-bond acceptors (Lipinski definition) is 1. The van der Waals surface area contributed by atoms with Gasteiger partial charge < -0.3 is 5.32 Å². The first-order chi connectivity index (χ1) is 9.20. The van der Waals surface area contributed by atoms with Crippen LogP contribution < -0.4 is 5.32 Å². The first-order valence-electron chi connectivity index (χ1n) is 6.50. The van der Waals surface area contributed by atoms with Crippen molar-refractivity contribution in [2.75, 3.05) is 12.4 Å². The Morgan fingerprint density at radius 3 is 2.74 bits per heavy atom. The van der Waals surface area contributed by atoms with E-state index in [2.05, 4.69) is 23.5 Å². The molecule has 1 unspecified atom stereocenters. The van der Waals surface area contributed by atoms with Crippen molar-refractivity contribution in [2.24, 2.45) is 5.92 Å². The second-order valence-corrected chi connectivity index (χ2v) is 5.19. The highest BCUT2D eigenvalue weighted by Gasteiger charge is 2.08. The Bertz CT molecular complexity index is 562. The zero-order valence-electron chi connectivity index (χ0n) is 11.0. The quantitative estimate of drug-likeness (QED) is 0.833. The lowest BCUT2D eigenvalue weighted by Gasteiger charge is -2.10. The van der Waals surface area contributed by atoms with Crippen molar-refractivity contribution in [1.82, 2.24) is 5.32 Å². The van der Waals surface area contributed by atoms with E-state index in [1.165, 1.54) is 5.39 Å². The Morgan fingerprint density at radius 1 is 1.21 bits per heavy atom. The van der Waals surface area contributed by atoms with Crippen molar-refractivity contribution in [1.29, 1.82) is 0 Å². The summed E-state index contributed by atoms with van der Waals surface area (Å²) in [6.45, 7) is 2.65. The van der Waals surface area contributed by atoms with Gasteiger partial charge in [0.15, 0.2) is 0 Å². The summed E-state index contributed by atoms with van der Waals surface area (Å²) in [5.41, 5.74) is 1.06. The van der Waals surface area contributed by atoms with Crippen LogP contribution in [-0.4, -0.2) is 18.3 Å². The number of rotatable bonds is 5. The van der Waals surface area contributed by atoms with Crippen molar-refractivity contribution in [3.8, 4) is 0 Å². The maximum absolute atomic E-state index is 11.9. The second-order valence-electron chi connectivity index (χ2n) is 4.88. The van der Waals surface area contributed by atoms with Crippen LogP contribution in [0.3, 0.4) is 0 Å². The molecule has 2 rings (SSSR count). The van der Waals surface area contributed by atoms with Crippen molar-refractivity contribution >= 4 is 28.3 Å². The third-order valence-electron chi connectivity index (χ3n) is 3.14. The fourth-order valence-electron chi connectivity index (χ4n) is 2.02. The van der Waals surface area contributed by atoms with Gasteiger partial charge in [0.1, 0.15) is 0 Å². The molecule has 2 nitrogen and oxygen atoms in total. The molecule has 1 N–H and O–H groups in total. The van der Waals surface area contributed by atoms with Crippen LogP contribution in [0, 0.1) is 5.92 Å². The molecule has 19 heavy (non-hydrogen) atoms. The minimum absolute atomic E-state index is 0.0494. The molecule has 0 radical (unpaired) electrons. The van der Waals surface area contributed by atoms with Gasteiger partial charge in [-0.15, -0.1) is 11.6 Å². The zero-order valence-corrected chi connectivity index (χ0v) is 11.8. The van der Waals surface area contributed by atoms with E-state index in [1.54, 1.807) is 0 Å². The summed E-state index contributed by atoms with van der Waals surface area (Å²) in [5.74, 6) is 0.917. The summed E-state index contributed by atoms with van der Waals surface area (Å²) in [4.78, 5) is 11.9. The predicted octanol–water partition coefficient (Wildman–Crippen LogP) is 3.37. The van der Waals surface area contributed by atoms with Gasteiger partial charge in [0.25, 0.3) is 0 Å². The molecule has 0 aliphatic carbocycles. The van der Waals surface area contributed by atoms with Gasteiger partial charge in [0.05, 0.1) is 6.42 Å². The second kappa shape index (κ2) is 6.58. The lowest BCUT2D eigenvalue weighted by Crippen LogP contribution is -2.30. The third kappa shape index (κ3) is 3.71.